The highest BCUT2D eigenvalue weighted by Crippen LogP contribution is 2.16. The Balaban J connectivity index is 2.06. The number of carbonyl (C=O) groups excluding carboxylic acids is 1. The van der Waals surface area contributed by atoms with Gasteiger partial charge in [-0.1, -0.05) is 12.1 Å². The molecule has 0 aliphatic rings. The molecule has 0 aliphatic carbocycles. The number of thioether (sulfide) groups is 1. The molecule has 21 heavy (non-hydrogen) atoms. The molecule has 0 fully saturated rings. The van der Waals surface area contributed by atoms with Crippen LogP contribution in [0.25, 0.3) is 0 Å². The summed E-state index contributed by atoms with van der Waals surface area (Å²) in [4.78, 5) is 22.7. The molecule has 0 saturated heterocycles. The molecule has 0 atom stereocenters. The summed E-state index contributed by atoms with van der Waals surface area (Å²) >= 11 is 1.61. The second kappa shape index (κ2) is 6.99. The van der Waals surface area contributed by atoms with Gasteiger partial charge in [0.15, 0.2) is 5.76 Å². The number of hydrogen-bond acceptors (Lipinski definition) is 4. The van der Waals surface area contributed by atoms with Crippen LogP contribution in [0.5, 0.6) is 0 Å². The molecule has 0 radical (unpaired) electrons. The van der Waals surface area contributed by atoms with Crippen molar-refractivity contribution in [3.05, 3.63) is 53.5 Å². The molecule has 1 aromatic carbocycles. The molecular weight excluding hydrogens is 290 g/mol. The number of anilines is 1. The van der Waals surface area contributed by atoms with Gasteiger partial charge >= 0.3 is 5.97 Å². The Morgan fingerprint density at radius 2 is 2.10 bits per heavy atom. The van der Waals surface area contributed by atoms with E-state index in [1.165, 1.54) is 0 Å². The minimum atomic E-state index is -0.911. The summed E-state index contributed by atoms with van der Waals surface area (Å²) in [5.74, 6) is 0.428. The van der Waals surface area contributed by atoms with Gasteiger partial charge in [0, 0.05) is 5.69 Å². The number of nitrogens with one attached hydrogen (secondary N) is 1. The molecule has 1 heterocycles. The lowest BCUT2D eigenvalue weighted by molar-refractivity contribution is -0.136. The minimum Gasteiger partial charge on any atom is -0.481 e. The maximum absolute atomic E-state index is 12.0. The number of hydrogen-bond donors (Lipinski definition) is 2. The number of benzene rings is 1. The molecule has 1 aromatic heterocycles. The largest absolute Gasteiger partial charge is 0.481 e. The Morgan fingerprint density at radius 1 is 1.29 bits per heavy atom. The normalized spacial score (nSPS) is 10.3. The second-order valence-corrected chi connectivity index (χ2v) is 5.29. The maximum atomic E-state index is 12.0. The van der Waals surface area contributed by atoms with Crippen LogP contribution >= 0.6 is 11.8 Å². The first-order chi connectivity index (χ1) is 10.1. The van der Waals surface area contributed by atoms with Gasteiger partial charge in [-0.25, -0.2) is 0 Å². The van der Waals surface area contributed by atoms with Gasteiger partial charge in [0.25, 0.3) is 5.91 Å². The summed E-state index contributed by atoms with van der Waals surface area (Å²) in [6.45, 7) is 0. The van der Waals surface area contributed by atoms with Crippen molar-refractivity contribution < 1.29 is 19.1 Å². The fourth-order valence-corrected chi connectivity index (χ4v) is 2.29. The lowest BCUT2D eigenvalue weighted by Crippen LogP contribution is -2.11. The summed E-state index contributed by atoms with van der Waals surface area (Å²) in [5, 5.41) is 11.5. The Bertz CT molecular complexity index is 651. The van der Waals surface area contributed by atoms with Crippen LogP contribution in [-0.2, 0) is 17.0 Å². The number of furan rings is 1. The fourth-order valence-electron chi connectivity index (χ4n) is 1.85. The monoisotopic (exact) mass is 305 g/mol. The zero-order chi connectivity index (χ0) is 15.2. The van der Waals surface area contributed by atoms with E-state index in [4.69, 9.17) is 9.52 Å². The van der Waals surface area contributed by atoms with Crippen LogP contribution in [0.4, 0.5) is 5.69 Å². The molecule has 2 aromatic rings. The predicted molar refractivity (Wildman–Crippen MR) is 81.7 cm³/mol. The van der Waals surface area contributed by atoms with E-state index < -0.39 is 5.97 Å². The van der Waals surface area contributed by atoms with Crippen LogP contribution in [0.15, 0.2) is 40.8 Å². The average Bonchev–Trinajstić information content (AvgIpc) is 2.87. The Hall–Kier alpha value is -2.21. The van der Waals surface area contributed by atoms with E-state index >= 15 is 0 Å². The fraction of sp³-hybridized carbons (Fsp3) is 0.200. The SMILES string of the molecule is CSCc1ccc(C(=O)Nc2cccc(CC(=O)O)c2)o1. The molecule has 0 spiro atoms. The first-order valence-corrected chi connectivity index (χ1v) is 7.67. The molecule has 2 rings (SSSR count). The molecular formula is C15H15NO4S. The number of amides is 1. The van der Waals surface area contributed by atoms with Crippen LogP contribution in [0.2, 0.25) is 0 Å². The highest BCUT2D eigenvalue weighted by atomic mass is 32.2. The lowest BCUT2D eigenvalue weighted by Gasteiger charge is -2.05. The first kappa shape index (κ1) is 15.2. The van der Waals surface area contributed by atoms with Crippen molar-refractivity contribution in [1.29, 1.82) is 0 Å². The third kappa shape index (κ3) is 4.39. The van der Waals surface area contributed by atoms with Gasteiger partial charge < -0.3 is 14.8 Å². The number of carbonyl (C=O) groups is 2. The predicted octanol–water partition coefficient (Wildman–Crippen LogP) is 3.02. The quantitative estimate of drug-likeness (QED) is 0.857. The number of carboxylic acids is 1. The first-order valence-electron chi connectivity index (χ1n) is 6.28. The maximum Gasteiger partial charge on any atom is 0.307 e. The Labute approximate surface area is 126 Å². The van der Waals surface area contributed by atoms with Crippen molar-refractivity contribution in [3.63, 3.8) is 0 Å². The number of aliphatic carboxylic acids is 1. The molecule has 0 aliphatic heterocycles. The topological polar surface area (TPSA) is 79.5 Å². The minimum absolute atomic E-state index is 0.0810. The van der Waals surface area contributed by atoms with E-state index in [-0.39, 0.29) is 18.1 Å². The molecule has 110 valence electrons. The summed E-state index contributed by atoms with van der Waals surface area (Å²) in [5.41, 5.74) is 1.17. The van der Waals surface area contributed by atoms with Gasteiger partial charge in [-0.15, -0.1) is 0 Å². The van der Waals surface area contributed by atoms with Crippen molar-refractivity contribution in [1.82, 2.24) is 0 Å². The Morgan fingerprint density at radius 3 is 2.81 bits per heavy atom. The van der Waals surface area contributed by atoms with E-state index in [1.807, 2.05) is 6.26 Å². The van der Waals surface area contributed by atoms with E-state index in [9.17, 15) is 9.59 Å². The molecule has 0 saturated carbocycles. The summed E-state index contributed by atoms with van der Waals surface area (Å²) in [7, 11) is 0. The van der Waals surface area contributed by atoms with Gasteiger partial charge in [-0.05, 0) is 36.1 Å². The van der Waals surface area contributed by atoms with Crippen LogP contribution in [0.3, 0.4) is 0 Å². The third-order valence-corrected chi connectivity index (χ3v) is 3.29. The van der Waals surface area contributed by atoms with Crippen molar-refractivity contribution >= 4 is 29.3 Å². The number of carboxylic acid groups (broad SMARTS) is 1. The van der Waals surface area contributed by atoms with Gasteiger partial charge in [0.1, 0.15) is 5.76 Å². The Kier molecular flexibility index (Phi) is 5.05. The highest BCUT2D eigenvalue weighted by molar-refractivity contribution is 7.97. The van der Waals surface area contributed by atoms with Gasteiger partial charge in [0.2, 0.25) is 0 Å². The van der Waals surface area contributed by atoms with Crippen molar-refractivity contribution in [3.8, 4) is 0 Å². The average molecular weight is 305 g/mol. The van der Waals surface area contributed by atoms with Crippen molar-refractivity contribution in [2.24, 2.45) is 0 Å². The molecule has 2 N–H and O–H groups in total. The van der Waals surface area contributed by atoms with Crippen LogP contribution in [0, 0.1) is 0 Å². The molecule has 1 amide bonds. The van der Waals surface area contributed by atoms with E-state index in [1.54, 1.807) is 48.2 Å². The standard InChI is InChI=1S/C15H15NO4S/c1-21-9-12-5-6-13(20-12)15(19)16-11-4-2-3-10(7-11)8-14(17)18/h2-7H,8-9H2,1H3,(H,16,19)(H,17,18). The van der Waals surface area contributed by atoms with E-state index in [0.717, 1.165) is 5.76 Å². The van der Waals surface area contributed by atoms with Crippen LogP contribution in [0.1, 0.15) is 21.9 Å². The van der Waals surface area contributed by atoms with Crippen molar-refractivity contribution in [2.75, 3.05) is 11.6 Å². The van der Waals surface area contributed by atoms with E-state index in [0.29, 0.717) is 17.0 Å². The van der Waals surface area contributed by atoms with Crippen LogP contribution in [-0.4, -0.2) is 23.2 Å². The summed E-state index contributed by atoms with van der Waals surface area (Å²) in [6.07, 6.45) is 1.87. The zero-order valence-corrected chi connectivity index (χ0v) is 12.3. The van der Waals surface area contributed by atoms with Gasteiger partial charge in [0.05, 0.1) is 12.2 Å². The molecule has 5 nitrogen and oxygen atoms in total. The zero-order valence-electron chi connectivity index (χ0n) is 11.5. The second-order valence-electron chi connectivity index (χ2n) is 4.42. The summed E-state index contributed by atoms with van der Waals surface area (Å²) < 4.78 is 5.43. The summed E-state index contributed by atoms with van der Waals surface area (Å²) in [6, 6.07) is 10.1. The molecule has 0 bridgehead atoms. The van der Waals surface area contributed by atoms with Gasteiger partial charge in [-0.2, -0.15) is 11.8 Å². The highest BCUT2D eigenvalue weighted by Gasteiger charge is 2.12. The smallest absolute Gasteiger partial charge is 0.307 e. The van der Waals surface area contributed by atoms with Gasteiger partial charge in [-0.3, -0.25) is 9.59 Å². The van der Waals surface area contributed by atoms with E-state index in [2.05, 4.69) is 5.32 Å². The van der Waals surface area contributed by atoms with Crippen LogP contribution < -0.4 is 5.32 Å². The lowest BCUT2D eigenvalue weighted by atomic mass is 10.1. The number of rotatable bonds is 6. The van der Waals surface area contributed by atoms with Crippen molar-refractivity contribution in [2.45, 2.75) is 12.2 Å². The third-order valence-electron chi connectivity index (χ3n) is 2.71. The molecule has 6 heteroatoms. The molecule has 0 unspecified atom stereocenters.